The molecule has 6 nitrogen and oxygen atoms in total. The summed E-state index contributed by atoms with van der Waals surface area (Å²) < 4.78 is 0. The summed E-state index contributed by atoms with van der Waals surface area (Å²) >= 11 is 0. The summed E-state index contributed by atoms with van der Waals surface area (Å²) in [6.07, 6.45) is 3.81. The number of nitrogens with zero attached hydrogens (tertiary/aromatic N) is 3. The Bertz CT molecular complexity index is 755. The number of hydrogen-bond acceptors (Lipinski definition) is 4. The van der Waals surface area contributed by atoms with Crippen LogP contribution >= 0.6 is 0 Å². The summed E-state index contributed by atoms with van der Waals surface area (Å²) in [6, 6.07) is 11.9. The van der Waals surface area contributed by atoms with E-state index in [-0.39, 0.29) is 17.7 Å². The molecule has 0 atom stereocenters. The van der Waals surface area contributed by atoms with Gasteiger partial charge in [0.2, 0.25) is 11.8 Å². The lowest BCUT2D eigenvalue weighted by molar-refractivity contribution is -0.133. The molecule has 0 aliphatic carbocycles. The number of hydrogen-bond donors (Lipinski definition) is 1. The van der Waals surface area contributed by atoms with Crippen molar-refractivity contribution in [2.45, 2.75) is 26.2 Å². The van der Waals surface area contributed by atoms with E-state index in [9.17, 15) is 9.59 Å². The lowest BCUT2D eigenvalue weighted by Crippen LogP contribution is -2.42. The van der Waals surface area contributed by atoms with E-state index in [4.69, 9.17) is 0 Å². The minimum absolute atomic E-state index is 0.0119. The molecule has 1 aliphatic heterocycles. The third kappa shape index (κ3) is 4.65. The summed E-state index contributed by atoms with van der Waals surface area (Å²) in [4.78, 5) is 34.3. The average molecular weight is 352 g/mol. The SMILES string of the molecule is CC(=O)N1CCC(C(=O)NCCc2nccc(-c3ccccc3)n2)CC1. The van der Waals surface area contributed by atoms with Crippen LogP contribution in [0.3, 0.4) is 0 Å². The van der Waals surface area contributed by atoms with Crippen molar-refractivity contribution < 1.29 is 9.59 Å². The van der Waals surface area contributed by atoms with Gasteiger partial charge in [-0.1, -0.05) is 30.3 Å². The van der Waals surface area contributed by atoms with Crippen LogP contribution in [0, 0.1) is 5.92 Å². The van der Waals surface area contributed by atoms with Gasteiger partial charge in [0.1, 0.15) is 5.82 Å². The van der Waals surface area contributed by atoms with Gasteiger partial charge in [-0.05, 0) is 18.9 Å². The Morgan fingerprint density at radius 1 is 1.15 bits per heavy atom. The Balaban J connectivity index is 1.48. The minimum atomic E-state index is -0.0119. The van der Waals surface area contributed by atoms with Gasteiger partial charge in [-0.25, -0.2) is 9.97 Å². The first-order chi connectivity index (χ1) is 12.6. The van der Waals surface area contributed by atoms with E-state index >= 15 is 0 Å². The normalized spacial score (nSPS) is 14.9. The second-order valence-corrected chi connectivity index (χ2v) is 6.55. The summed E-state index contributed by atoms with van der Waals surface area (Å²) in [5.74, 6) is 0.854. The van der Waals surface area contributed by atoms with E-state index in [0.717, 1.165) is 29.9 Å². The van der Waals surface area contributed by atoms with Crippen LogP contribution in [0.25, 0.3) is 11.3 Å². The molecule has 6 heteroatoms. The Hall–Kier alpha value is -2.76. The number of nitrogens with one attached hydrogen (secondary N) is 1. The molecular formula is C20H24N4O2. The zero-order valence-electron chi connectivity index (χ0n) is 15.0. The van der Waals surface area contributed by atoms with Gasteiger partial charge in [0.25, 0.3) is 0 Å². The third-order valence-corrected chi connectivity index (χ3v) is 4.73. The second kappa shape index (κ2) is 8.56. The van der Waals surface area contributed by atoms with E-state index in [2.05, 4.69) is 15.3 Å². The van der Waals surface area contributed by atoms with Crippen LogP contribution in [-0.2, 0) is 16.0 Å². The first-order valence-electron chi connectivity index (χ1n) is 9.04. The summed E-state index contributed by atoms with van der Waals surface area (Å²) in [7, 11) is 0. The molecule has 1 fully saturated rings. The number of benzene rings is 1. The molecule has 1 saturated heterocycles. The maximum Gasteiger partial charge on any atom is 0.223 e. The zero-order valence-corrected chi connectivity index (χ0v) is 15.0. The molecule has 0 saturated carbocycles. The molecule has 2 amide bonds. The van der Waals surface area contributed by atoms with Crippen molar-refractivity contribution in [3.8, 4) is 11.3 Å². The van der Waals surface area contributed by atoms with Gasteiger partial charge in [0.05, 0.1) is 5.69 Å². The van der Waals surface area contributed by atoms with E-state index < -0.39 is 0 Å². The second-order valence-electron chi connectivity index (χ2n) is 6.55. The fraction of sp³-hybridized carbons (Fsp3) is 0.400. The molecule has 0 spiro atoms. The lowest BCUT2D eigenvalue weighted by Gasteiger charge is -2.30. The van der Waals surface area contributed by atoms with Crippen LogP contribution in [0.15, 0.2) is 42.6 Å². The van der Waals surface area contributed by atoms with E-state index in [1.807, 2.05) is 36.4 Å². The van der Waals surface area contributed by atoms with Crippen molar-refractivity contribution in [3.05, 3.63) is 48.4 Å². The van der Waals surface area contributed by atoms with E-state index in [1.54, 1.807) is 18.0 Å². The topological polar surface area (TPSA) is 75.2 Å². The predicted molar refractivity (Wildman–Crippen MR) is 99.2 cm³/mol. The molecular weight excluding hydrogens is 328 g/mol. The lowest BCUT2D eigenvalue weighted by atomic mass is 9.96. The Morgan fingerprint density at radius 2 is 1.88 bits per heavy atom. The number of rotatable bonds is 5. The van der Waals surface area contributed by atoms with E-state index in [1.165, 1.54) is 0 Å². The third-order valence-electron chi connectivity index (χ3n) is 4.73. The smallest absolute Gasteiger partial charge is 0.223 e. The van der Waals surface area contributed by atoms with Crippen LogP contribution in [0.2, 0.25) is 0 Å². The van der Waals surface area contributed by atoms with Crippen LogP contribution in [0.4, 0.5) is 0 Å². The monoisotopic (exact) mass is 352 g/mol. The number of aromatic nitrogens is 2. The molecule has 1 aromatic heterocycles. The number of carbonyl (C=O) groups excluding carboxylic acids is 2. The van der Waals surface area contributed by atoms with Crippen LogP contribution in [0.1, 0.15) is 25.6 Å². The highest BCUT2D eigenvalue weighted by Crippen LogP contribution is 2.18. The van der Waals surface area contributed by atoms with Gasteiger partial charge in [-0.15, -0.1) is 0 Å². The molecule has 1 N–H and O–H groups in total. The molecule has 0 unspecified atom stereocenters. The van der Waals surface area contributed by atoms with Gasteiger partial charge >= 0.3 is 0 Å². The van der Waals surface area contributed by atoms with E-state index in [0.29, 0.717) is 26.1 Å². The van der Waals surface area contributed by atoms with Crippen molar-refractivity contribution in [3.63, 3.8) is 0 Å². The highest BCUT2D eigenvalue weighted by Gasteiger charge is 2.25. The molecule has 0 bridgehead atoms. The van der Waals surface area contributed by atoms with Gasteiger partial charge in [0, 0.05) is 50.7 Å². The minimum Gasteiger partial charge on any atom is -0.355 e. The van der Waals surface area contributed by atoms with Crippen molar-refractivity contribution in [1.82, 2.24) is 20.2 Å². The fourth-order valence-corrected chi connectivity index (χ4v) is 3.19. The fourth-order valence-electron chi connectivity index (χ4n) is 3.19. The van der Waals surface area contributed by atoms with Crippen molar-refractivity contribution >= 4 is 11.8 Å². The van der Waals surface area contributed by atoms with Crippen molar-refractivity contribution in [1.29, 1.82) is 0 Å². The Labute approximate surface area is 153 Å². The summed E-state index contributed by atoms with van der Waals surface area (Å²) in [5, 5.41) is 2.98. The number of likely N-dealkylation sites (tertiary alicyclic amines) is 1. The largest absolute Gasteiger partial charge is 0.355 e. The van der Waals surface area contributed by atoms with Gasteiger partial charge < -0.3 is 10.2 Å². The zero-order chi connectivity index (χ0) is 18.4. The standard InChI is InChI=1S/C20H24N4O2/c1-15(25)24-13-9-17(10-14-24)20(26)22-12-8-19-21-11-7-18(23-19)16-5-3-2-4-6-16/h2-7,11,17H,8-10,12-14H2,1H3,(H,22,26). The molecule has 136 valence electrons. The van der Waals surface area contributed by atoms with Crippen molar-refractivity contribution in [2.75, 3.05) is 19.6 Å². The van der Waals surface area contributed by atoms with Crippen LogP contribution in [-0.4, -0.2) is 46.3 Å². The maximum atomic E-state index is 12.3. The highest BCUT2D eigenvalue weighted by molar-refractivity contribution is 5.79. The van der Waals surface area contributed by atoms with Gasteiger partial charge in [0.15, 0.2) is 0 Å². The molecule has 2 heterocycles. The Morgan fingerprint density at radius 3 is 2.58 bits per heavy atom. The summed E-state index contributed by atoms with van der Waals surface area (Å²) in [5.41, 5.74) is 1.94. The van der Waals surface area contributed by atoms with Crippen LogP contribution < -0.4 is 5.32 Å². The van der Waals surface area contributed by atoms with Gasteiger partial charge in [-0.3, -0.25) is 9.59 Å². The Kier molecular flexibility index (Phi) is 5.94. The number of amides is 2. The quantitative estimate of drug-likeness (QED) is 0.894. The average Bonchev–Trinajstić information content (AvgIpc) is 2.69. The molecule has 3 rings (SSSR count). The first-order valence-corrected chi connectivity index (χ1v) is 9.04. The maximum absolute atomic E-state index is 12.3. The molecule has 1 aromatic carbocycles. The number of carbonyl (C=O) groups is 2. The summed E-state index contributed by atoms with van der Waals surface area (Å²) in [6.45, 7) is 3.42. The first kappa shape index (κ1) is 18.0. The molecule has 0 radical (unpaired) electrons. The number of piperidine rings is 1. The predicted octanol–water partition coefficient (Wildman–Crippen LogP) is 2.06. The highest BCUT2D eigenvalue weighted by atomic mass is 16.2. The van der Waals surface area contributed by atoms with Crippen molar-refractivity contribution in [2.24, 2.45) is 5.92 Å². The molecule has 1 aliphatic rings. The van der Waals surface area contributed by atoms with Gasteiger partial charge in [-0.2, -0.15) is 0 Å². The molecule has 2 aromatic rings. The van der Waals surface area contributed by atoms with Crippen LogP contribution in [0.5, 0.6) is 0 Å². The molecule has 26 heavy (non-hydrogen) atoms.